The van der Waals surface area contributed by atoms with E-state index in [0.717, 1.165) is 33.3 Å². The molecule has 0 fully saturated rings. The van der Waals surface area contributed by atoms with Crippen molar-refractivity contribution in [2.75, 3.05) is 0 Å². The van der Waals surface area contributed by atoms with Crippen molar-refractivity contribution in [1.29, 1.82) is 0 Å². The smallest absolute Gasteiger partial charge is 0.0794 e. The van der Waals surface area contributed by atoms with Gasteiger partial charge in [0.15, 0.2) is 0 Å². The van der Waals surface area contributed by atoms with E-state index < -0.39 is 0 Å². The van der Waals surface area contributed by atoms with Crippen molar-refractivity contribution >= 4 is 43.2 Å². The summed E-state index contributed by atoms with van der Waals surface area (Å²) in [6.07, 6.45) is 0. The maximum absolute atomic E-state index is 5.55. The summed E-state index contributed by atoms with van der Waals surface area (Å²) in [4.78, 5) is 5.55. The molecule has 0 saturated heterocycles. The predicted molar refractivity (Wildman–Crippen MR) is 259 cm³/mol. The number of hydrogen-bond donors (Lipinski definition) is 0. The fourth-order valence-corrected chi connectivity index (χ4v) is 10.3. The van der Waals surface area contributed by atoms with Crippen molar-refractivity contribution in [1.82, 2.24) is 4.98 Å². The number of pyridine rings is 1. The average Bonchev–Trinajstić information content (AvgIpc) is 3.55. The van der Waals surface area contributed by atoms with E-state index in [1.165, 1.54) is 88.0 Å². The minimum atomic E-state index is -0.0959. The average molecular weight is 776 g/mol. The minimum absolute atomic E-state index is 0.0959. The lowest BCUT2D eigenvalue weighted by molar-refractivity contribution is 0.660. The Morgan fingerprint density at radius 1 is 0.311 bits per heavy atom. The second-order valence-corrected chi connectivity index (χ2v) is 17.0. The molecule has 0 aliphatic heterocycles. The van der Waals surface area contributed by atoms with Crippen LogP contribution < -0.4 is 0 Å². The first-order valence-electron chi connectivity index (χ1n) is 21.3. The molecule has 286 valence electrons. The van der Waals surface area contributed by atoms with E-state index in [0.29, 0.717) is 0 Å². The standard InChI is InChI=1S/C60H41N/c1-60(2)54-26-13-12-19-46(54)47-34-33-43(36-55(47)60)56-37-53(39-16-4-3-5-17-39)52-25-14-24-45(59(52)61-56)40-28-30-41(31-29-40)57-48-20-8-10-22-50(48)58(51-23-11-9-21-49(51)57)44-32-27-38-15-6-7-18-42(38)35-44/h3-37H,1-2H3. The highest BCUT2D eigenvalue weighted by Gasteiger charge is 2.35. The molecule has 61 heavy (non-hydrogen) atoms. The van der Waals surface area contributed by atoms with Crippen molar-refractivity contribution in [3.05, 3.63) is 223 Å². The number of nitrogens with zero attached hydrogens (tertiary/aromatic N) is 1. The van der Waals surface area contributed by atoms with E-state index in [4.69, 9.17) is 4.98 Å². The summed E-state index contributed by atoms with van der Waals surface area (Å²) in [6, 6.07) is 78.0. The highest BCUT2D eigenvalue weighted by molar-refractivity contribution is 6.22. The number of benzene rings is 10. The molecule has 0 amide bonds. The Morgan fingerprint density at radius 3 is 1.57 bits per heavy atom. The molecule has 1 aromatic heterocycles. The molecule has 0 atom stereocenters. The molecular weight excluding hydrogens is 735 g/mol. The van der Waals surface area contributed by atoms with E-state index >= 15 is 0 Å². The lowest BCUT2D eigenvalue weighted by Crippen LogP contribution is -2.14. The van der Waals surface area contributed by atoms with Crippen molar-refractivity contribution in [3.8, 4) is 66.9 Å². The van der Waals surface area contributed by atoms with Gasteiger partial charge in [0.25, 0.3) is 0 Å². The van der Waals surface area contributed by atoms with Crippen LogP contribution in [0.25, 0.3) is 110 Å². The normalized spacial score (nSPS) is 12.9. The summed E-state index contributed by atoms with van der Waals surface area (Å²) in [5.41, 5.74) is 18.0. The number of para-hydroxylation sites is 1. The van der Waals surface area contributed by atoms with Gasteiger partial charge in [-0.3, -0.25) is 0 Å². The van der Waals surface area contributed by atoms with Crippen molar-refractivity contribution in [2.24, 2.45) is 0 Å². The van der Waals surface area contributed by atoms with E-state index in [9.17, 15) is 0 Å². The van der Waals surface area contributed by atoms with E-state index in [-0.39, 0.29) is 5.41 Å². The minimum Gasteiger partial charge on any atom is -0.247 e. The number of fused-ring (bicyclic) bond motifs is 7. The monoisotopic (exact) mass is 775 g/mol. The zero-order valence-electron chi connectivity index (χ0n) is 34.2. The third kappa shape index (κ3) is 5.58. The summed E-state index contributed by atoms with van der Waals surface area (Å²) in [5.74, 6) is 0. The highest BCUT2D eigenvalue weighted by atomic mass is 14.7. The molecule has 10 aromatic carbocycles. The van der Waals surface area contributed by atoms with Gasteiger partial charge in [0.2, 0.25) is 0 Å². The van der Waals surface area contributed by atoms with Gasteiger partial charge in [-0.05, 0) is 112 Å². The first kappa shape index (κ1) is 35.3. The molecular formula is C60H41N. The zero-order valence-corrected chi connectivity index (χ0v) is 34.2. The van der Waals surface area contributed by atoms with Gasteiger partial charge in [-0.2, -0.15) is 0 Å². The van der Waals surface area contributed by atoms with Crippen LogP contribution in [0.4, 0.5) is 0 Å². The first-order chi connectivity index (χ1) is 30.0. The second kappa shape index (κ2) is 13.7. The summed E-state index contributed by atoms with van der Waals surface area (Å²) < 4.78 is 0. The second-order valence-electron chi connectivity index (χ2n) is 17.0. The van der Waals surface area contributed by atoms with Crippen LogP contribution in [0.5, 0.6) is 0 Å². The summed E-state index contributed by atoms with van der Waals surface area (Å²) in [7, 11) is 0. The van der Waals surface area contributed by atoms with Gasteiger partial charge in [0.05, 0.1) is 11.2 Å². The Morgan fingerprint density at radius 2 is 0.836 bits per heavy atom. The molecule has 1 aliphatic rings. The Bertz CT molecular complexity index is 3480. The van der Waals surface area contributed by atoms with Crippen molar-refractivity contribution in [2.45, 2.75) is 19.3 Å². The third-order valence-corrected chi connectivity index (χ3v) is 13.3. The molecule has 0 spiro atoms. The van der Waals surface area contributed by atoms with Crippen LogP contribution >= 0.6 is 0 Å². The van der Waals surface area contributed by atoms with Gasteiger partial charge in [0, 0.05) is 21.9 Å². The molecule has 11 aromatic rings. The van der Waals surface area contributed by atoms with Crippen LogP contribution in [0.3, 0.4) is 0 Å². The Labute approximate surface area is 356 Å². The van der Waals surface area contributed by atoms with E-state index in [1.807, 2.05) is 0 Å². The van der Waals surface area contributed by atoms with Crippen LogP contribution in [0.2, 0.25) is 0 Å². The van der Waals surface area contributed by atoms with Crippen LogP contribution in [0, 0.1) is 0 Å². The molecule has 0 N–H and O–H groups in total. The summed E-state index contributed by atoms with van der Waals surface area (Å²) >= 11 is 0. The van der Waals surface area contributed by atoms with Crippen LogP contribution in [-0.2, 0) is 5.41 Å². The van der Waals surface area contributed by atoms with Gasteiger partial charge in [-0.15, -0.1) is 0 Å². The summed E-state index contributed by atoms with van der Waals surface area (Å²) in [6.45, 7) is 4.69. The lowest BCUT2D eigenvalue weighted by Gasteiger charge is -2.22. The molecule has 1 nitrogen and oxygen atoms in total. The molecule has 0 unspecified atom stereocenters. The van der Waals surface area contributed by atoms with Crippen LogP contribution in [0.1, 0.15) is 25.0 Å². The fraction of sp³-hybridized carbons (Fsp3) is 0.0500. The Hall–Kier alpha value is -7.61. The predicted octanol–water partition coefficient (Wildman–Crippen LogP) is 16.3. The van der Waals surface area contributed by atoms with Crippen molar-refractivity contribution in [3.63, 3.8) is 0 Å². The lowest BCUT2D eigenvalue weighted by atomic mass is 9.82. The van der Waals surface area contributed by atoms with Crippen LogP contribution in [0.15, 0.2) is 212 Å². The van der Waals surface area contributed by atoms with Gasteiger partial charge in [-0.1, -0.05) is 208 Å². The first-order valence-corrected chi connectivity index (χ1v) is 21.3. The Kier molecular flexibility index (Phi) is 7.95. The van der Waals surface area contributed by atoms with Gasteiger partial charge >= 0.3 is 0 Å². The molecule has 0 saturated carbocycles. The third-order valence-electron chi connectivity index (χ3n) is 13.3. The van der Waals surface area contributed by atoms with Crippen LogP contribution in [-0.4, -0.2) is 4.98 Å². The summed E-state index contributed by atoms with van der Waals surface area (Å²) in [5, 5.41) is 8.67. The molecule has 0 bridgehead atoms. The SMILES string of the molecule is CC1(C)c2ccccc2-c2ccc(-c3cc(-c4ccccc4)c4cccc(-c5ccc(-c6c7ccccc7c(-c7ccc8ccccc8c7)c7ccccc67)cc5)c4n3)cc21. The number of hydrogen-bond acceptors (Lipinski definition) is 1. The maximum Gasteiger partial charge on any atom is 0.0794 e. The molecule has 12 rings (SSSR count). The van der Waals surface area contributed by atoms with E-state index in [1.54, 1.807) is 0 Å². The number of rotatable bonds is 5. The topological polar surface area (TPSA) is 12.9 Å². The van der Waals surface area contributed by atoms with Gasteiger partial charge < -0.3 is 0 Å². The maximum atomic E-state index is 5.55. The quantitative estimate of drug-likeness (QED) is 0.159. The van der Waals surface area contributed by atoms with E-state index in [2.05, 4.69) is 226 Å². The molecule has 1 aliphatic carbocycles. The highest BCUT2D eigenvalue weighted by Crippen LogP contribution is 2.50. The Balaban J connectivity index is 1.02. The van der Waals surface area contributed by atoms with Crippen molar-refractivity contribution < 1.29 is 0 Å². The fourth-order valence-electron chi connectivity index (χ4n) is 10.3. The van der Waals surface area contributed by atoms with Gasteiger partial charge in [0.1, 0.15) is 0 Å². The largest absolute Gasteiger partial charge is 0.247 e. The molecule has 1 heteroatoms. The number of aromatic nitrogens is 1. The molecule has 1 heterocycles. The zero-order chi connectivity index (χ0) is 40.7. The molecule has 0 radical (unpaired) electrons. The van der Waals surface area contributed by atoms with Gasteiger partial charge in [-0.25, -0.2) is 4.98 Å².